The summed E-state index contributed by atoms with van der Waals surface area (Å²) in [6, 6.07) is 21.7. The predicted molar refractivity (Wildman–Crippen MR) is 96.9 cm³/mol. The molecule has 0 aromatic heterocycles. The molecule has 128 valence electrons. The lowest BCUT2D eigenvalue weighted by atomic mass is 10.1. The van der Waals surface area contributed by atoms with E-state index >= 15 is 0 Å². The molecule has 0 amide bonds. The van der Waals surface area contributed by atoms with Gasteiger partial charge in [0, 0.05) is 18.6 Å². The van der Waals surface area contributed by atoms with E-state index in [1.54, 1.807) is 0 Å². The Morgan fingerprint density at radius 3 is 2.17 bits per heavy atom. The van der Waals surface area contributed by atoms with Gasteiger partial charge in [-0.15, -0.1) is 0 Å². The summed E-state index contributed by atoms with van der Waals surface area (Å²) in [5.41, 5.74) is 2.45. The van der Waals surface area contributed by atoms with E-state index in [0.717, 1.165) is 19.8 Å². The average Bonchev–Trinajstić information content (AvgIpc) is 2.62. The van der Waals surface area contributed by atoms with Gasteiger partial charge in [-0.25, -0.2) is 0 Å². The summed E-state index contributed by atoms with van der Waals surface area (Å²) in [7, 11) is 0. The number of benzene rings is 2. The van der Waals surface area contributed by atoms with Crippen LogP contribution >= 0.6 is 0 Å². The first-order valence-electron chi connectivity index (χ1n) is 8.78. The first-order chi connectivity index (χ1) is 11.7. The highest BCUT2D eigenvalue weighted by Crippen LogP contribution is 2.24. The highest BCUT2D eigenvalue weighted by atomic mass is 16.5. The lowest BCUT2D eigenvalue weighted by Crippen LogP contribution is -2.51. The first-order valence-corrected chi connectivity index (χ1v) is 8.78. The molecule has 1 heterocycles. The minimum atomic E-state index is 0.0643. The topological polar surface area (TPSA) is 21.7 Å². The van der Waals surface area contributed by atoms with Gasteiger partial charge in [-0.1, -0.05) is 60.7 Å². The van der Waals surface area contributed by atoms with E-state index in [9.17, 15) is 0 Å². The van der Waals surface area contributed by atoms with Crippen LogP contribution in [0.2, 0.25) is 0 Å². The first kappa shape index (κ1) is 17.2. The van der Waals surface area contributed by atoms with Crippen LogP contribution in [0.4, 0.5) is 0 Å². The Labute approximate surface area is 145 Å². The smallest absolute Gasteiger partial charge is 0.0956 e. The van der Waals surface area contributed by atoms with E-state index < -0.39 is 0 Å². The molecular weight excluding hydrogens is 298 g/mol. The molecule has 2 aromatic rings. The van der Waals surface area contributed by atoms with E-state index in [1.807, 2.05) is 6.07 Å². The van der Waals surface area contributed by atoms with E-state index in [0.29, 0.717) is 18.7 Å². The molecule has 3 atom stereocenters. The molecule has 0 saturated carbocycles. The summed E-state index contributed by atoms with van der Waals surface area (Å²) in [4.78, 5) is 2.51. The summed E-state index contributed by atoms with van der Waals surface area (Å²) in [5, 5.41) is 0. The molecular formula is C21H27NO2. The van der Waals surface area contributed by atoms with Crippen molar-refractivity contribution >= 4 is 0 Å². The van der Waals surface area contributed by atoms with Gasteiger partial charge in [0.15, 0.2) is 0 Å². The lowest BCUT2D eigenvalue weighted by Gasteiger charge is -2.40. The molecule has 2 aromatic carbocycles. The maximum absolute atomic E-state index is 6.33. The maximum Gasteiger partial charge on any atom is 0.0956 e. The van der Waals surface area contributed by atoms with Gasteiger partial charge in [-0.3, -0.25) is 4.90 Å². The van der Waals surface area contributed by atoms with Gasteiger partial charge >= 0.3 is 0 Å². The van der Waals surface area contributed by atoms with Crippen LogP contribution in [0.25, 0.3) is 0 Å². The second-order valence-electron chi connectivity index (χ2n) is 6.63. The third-order valence-corrected chi connectivity index (χ3v) is 4.69. The van der Waals surface area contributed by atoms with Gasteiger partial charge in [0.05, 0.1) is 25.9 Å². The monoisotopic (exact) mass is 325 g/mol. The number of nitrogens with zero attached hydrogens (tertiary/aromatic N) is 1. The van der Waals surface area contributed by atoms with Crippen molar-refractivity contribution in [2.45, 2.75) is 38.6 Å². The quantitative estimate of drug-likeness (QED) is 0.799. The Bertz CT molecular complexity index is 592. The molecule has 0 bridgehead atoms. The zero-order chi connectivity index (χ0) is 16.8. The second-order valence-corrected chi connectivity index (χ2v) is 6.63. The fourth-order valence-corrected chi connectivity index (χ4v) is 3.28. The zero-order valence-electron chi connectivity index (χ0n) is 14.6. The van der Waals surface area contributed by atoms with Crippen molar-refractivity contribution in [1.82, 2.24) is 4.90 Å². The molecule has 3 unspecified atom stereocenters. The second kappa shape index (κ2) is 8.43. The highest BCUT2D eigenvalue weighted by molar-refractivity contribution is 5.19. The largest absolute Gasteiger partial charge is 0.378 e. The molecule has 3 rings (SSSR count). The van der Waals surface area contributed by atoms with E-state index in [2.05, 4.69) is 73.3 Å². The SMILES string of the molecule is CC1COCC(C)N1CC(OCc1ccccc1)c1ccccc1. The van der Waals surface area contributed by atoms with E-state index in [-0.39, 0.29) is 6.10 Å². The molecule has 1 aliphatic heterocycles. The summed E-state index contributed by atoms with van der Waals surface area (Å²) in [6.45, 7) is 7.58. The van der Waals surface area contributed by atoms with Crippen molar-refractivity contribution in [3.05, 3.63) is 71.8 Å². The van der Waals surface area contributed by atoms with Crippen molar-refractivity contribution in [3.63, 3.8) is 0 Å². The predicted octanol–water partition coefficient (Wildman–Crippen LogP) is 4.05. The van der Waals surface area contributed by atoms with Gasteiger partial charge in [-0.05, 0) is 25.0 Å². The van der Waals surface area contributed by atoms with Crippen LogP contribution in [-0.2, 0) is 16.1 Å². The Hall–Kier alpha value is -1.68. The van der Waals surface area contributed by atoms with Crippen LogP contribution in [0, 0.1) is 0 Å². The number of morpholine rings is 1. The van der Waals surface area contributed by atoms with Crippen molar-refractivity contribution in [1.29, 1.82) is 0 Å². The molecule has 24 heavy (non-hydrogen) atoms. The molecule has 1 fully saturated rings. The Kier molecular flexibility index (Phi) is 6.02. The number of hydrogen-bond acceptors (Lipinski definition) is 3. The van der Waals surface area contributed by atoms with Crippen LogP contribution in [0.5, 0.6) is 0 Å². The van der Waals surface area contributed by atoms with Crippen LogP contribution in [-0.4, -0.2) is 36.7 Å². The minimum Gasteiger partial charge on any atom is -0.378 e. The van der Waals surface area contributed by atoms with Crippen LogP contribution in [0.1, 0.15) is 31.1 Å². The Balaban J connectivity index is 1.72. The van der Waals surface area contributed by atoms with Crippen molar-refractivity contribution in [2.24, 2.45) is 0 Å². The maximum atomic E-state index is 6.33. The molecule has 0 aliphatic carbocycles. The number of ether oxygens (including phenoxy) is 2. The molecule has 1 saturated heterocycles. The minimum absolute atomic E-state index is 0.0643. The van der Waals surface area contributed by atoms with E-state index in [4.69, 9.17) is 9.47 Å². The standard InChI is InChI=1S/C21H27NO2/c1-17-14-23-15-18(2)22(17)13-21(20-11-7-4-8-12-20)24-16-19-9-5-3-6-10-19/h3-12,17-18,21H,13-16H2,1-2H3. The zero-order valence-corrected chi connectivity index (χ0v) is 14.6. The van der Waals surface area contributed by atoms with Crippen LogP contribution < -0.4 is 0 Å². The summed E-state index contributed by atoms with van der Waals surface area (Å²) in [6.07, 6.45) is 0.0643. The normalized spacial score (nSPS) is 23.1. The van der Waals surface area contributed by atoms with Crippen molar-refractivity contribution < 1.29 is 9.47 Å². The number of rotatable bonds is 6. The summed E-state index contributed by atoms with van der Waals surface area (Å²) < 4.78 is 12.0. The fraction of sp³-hybridized carbons (Fsp3) is 0.429. The highest BCUT2D eigenvalue weighted by Gasteiger charge is 2.28. The third-order valence-electron chi connectivity index (χ3n) is 4.69. The molecule has 0 N–H and O–H groups in total. The average molecular weight is 325 g/mol. The lowest BCUT2D eigenvalue weighted by molar-refractivity contribution is -0.0692. The molecule has 3 nitrogen and oxygen atoms in total. The number of hydrogen-bond donors (Lipinski definition) is 0. The van der Waals surface area contributed by atoms with Crippen molar-refractivity contribution in [2.75, 3.05) is 19.8 Å². The molecule has 3 heteroatoms. The van der Waals surface area contributed by atoms with Gasteiger partial charge in [-0.2, -0.15) is 0 Å². The van der Waals surface area contributed by atoms with Crippen LogP contribution in [0.15, 0.2) is 60.7 Å². The molecule has 0 radical (unpaired) electrons. The Morgan fingerprint density at radius 1 is 0.958 bits per heavy atom. The molecule has 1 aliphatic rings. The van der Waals surface area contributed by atoms with Gasteiger partial charge in [0.1, 0.15) is 0 Å². The summed E-state index contributed by atoms with van der Waals surface area (Å²) in [5.74, 6) is 0. The van der Waals surface area contributed by atoms with Gasteiger partial charge in [0.25, 0.3) is 0 Å². The third kappa shape index (κ3) is 4.44. The fourth-order valence-electron chi connectivity index (χ4n) is 3.28. The van der Waals surface area contributed by atoms with Gasteiger partial charge < -0.3 is 9.47 Å². The molecule has 0 spiro atoms. The van der Waals surface area contributed by atoms with Gasteiger partial charge in [0.2, 0.25) is 0 Å². The summed E-state index contributed by atoms with van der Waals surface area (Å²) >= 11 is 0. The van der Waals surface area contributed by atoms with Crippen molar-refractivity contribution in [3.8, 4) is 0 Å². The van der Waals surface area contributed by atoms with Crippen LogP contribution in [0.3, 0.4) is 0 Å². The van der Waals surface area contributed by atoms with E-state index in [1.165, 1.54) is 11.1 Å². The Morgan fingerprint density at radius 2 is 1.54 bits per heavy atom.